The molecule has 26 aromatic rings. The molecule has 0 bridgehead atoms. The molecule has 26 rings (SSSR count). The van der Waals surface area contributed by atoms with Crippen LogP contribution in [0.25, 0.3) is 241 Å². The van der Waals surface area contributed by atoms with E-state index in [2.05, 4.69) is 388 Å². The van der Waals surface area contributed by atoms with E-state index in [4.69, 9.17) is 24.4 Å². The van der Waals surface area contributed by atoms with Crippen LogP contribution in [0.3, 0.4) is 0 Å². The molecule has 0 fully saturated rings. The highest BCUT2D eigenvalue weighted by atomic mass is 32.1. The van der Waals surface area contributed by atoms with Gasteiger partial charge in [-0.15, -0.1) is 11.3 Å². The van der Waals surface area contributed by atoms with E-state index in [0.29, 0.717) is 11.6 Å². The fourth-order valence-corrected chi connectivity index (χ4v) is 20.1. The third-order valence-electron chi connectivity index (χ3n) is 24.2. The van der Waals surface area contributed by atoms with Crippen molar-refractivity contribution < 1.29 is 4.42 Å². The van der Waals surface area contributed by atoms with Crippen molar-refractivity contribution in [2.75, 3.05) is 0 Å². The first-order valence-electron chi connectivity index (χ1n) is 40.0. The van der Waals surface area contributed by atoms with Crippen molar-refractivity contribution in [3.05, 3.63) is 388 Å². The summed E-state index contributed by atoms with van der Waals surface area (Å²) in [5, 5.41) is 21.4. The topological polar surface area (TPSA) is 84.4 Å². The van der Waals surface area contributed by atoms with E-state index >= 15 is 0 Å². The number of hydrogen-bond acceptors (Lipinski definition) is 6. The summed E-state index contributed by atoms with van der Waals surface area (Å²) in [6, 6.07) is 139. The molecule has 0 unspecified atom stereocenters. The van der Waals surface area contributed by atoms with Gasteiger partial charge in [0.2, 0.25) is 0 Å². The highest BCUT2D eigenvalue weighted by Gasteiger charge is 2.27. The number of aromatic nitrogens is 8. The molecule has 8 heterocycles. The lowest BCUT2D eigenvalue weighted by Gasteiger charge is -2.15. The Kier molecular flexibility index (Phi) is 14.5. The average molecular weight is 1520 g/mol. The zero-order chi connectivity index (χ0) is 77.2. The van der Waals surface area contributed by atoms with Gasteiger partial charge in [-0.05, 0) is 138 Å². The second-order valence-electron chi connectivity index (χ2n) is 30.7. The maximum Gasteiger partial charge on any atom is 0.160 e. The Morgan fingerprint density at radius 3 is 1.07 bits per heavy atom. The van der Waals surface area contributed by atoms with Gasteiger partial charge < -0.3 is 22.7 Å². The molecule has 8 aromatic heterocycles. The largest absolute Gasteiger partial charge is 0.456 e. The van der Waals surface area contributed by atoms with E-state index < -0.39 is 0 Å². The molecule has 0 atom stereocenters. The Labute approximate surface area is 678 Å². The molecule has 0 amide bonds. The van der Waals surface area contributed by atoms with Crippen LogP contribution in [0.5, 0.6) is 0 Å². The molecule has 18 aromatic carbocycles. The van der Waals surface area contributed by atoms with Crippen molar-refractivity contribution >= 4 is 184 Å². The Hall–Kier alpha value is -15.6. The maximum atomic E-state index is 6.19. The summed E-state index contributed by atoms with van der Waals surface area (Å²) in [7, 11) is 0. The molecular weight excluding hydrogens is 1460 g/mol. The van der Waals surface area contributed by atoms with Gasteiger partial charge >= 0.3 is 0 Å². The summed E-state index contributed by atoms with van der Waals surface area (Å²) in [5.41, 5.74) is 23.2. The maximum absolute atomic E-state index is 6.19. The first-order valence-corrected chi connectivity index (χ1v) is 40.8. The summed E-state index contributed by atoms with van der Waals surface area (Å²) in [4.78, 5) is 21.1. The molecule has 9 nitrogen and oxygen atoms in total. The molecule has 118 heavy (non-hydrogen) atoms. The molecule has 0 radical (unpaired) electrons. The summed E-state index contributed by atoms with van der Waals surface area (Å²) >= 11 is 1.84. The number of thiophene rings is 1. The Morgan fingerprint density at radius 1 is 0.212 bits per heavy atom. The van der Waals surface area contributed by atoms with Crippen molar-refractivity contribution in [1.82, 2.24) is 38.2 Å². The molecule has 548 valence electrons. The van der Waals surface area contributed by atoms with E-state index in [1.807, 2.05) is 29.5 Å². The predicted octanol–water partition coefficient (Wildman–Crippen LogP) is 28.9. The normalized spacial score (nSPS) is 12.1. The predicted molar refractivity (Wildman–Crippen MR) is 493 cm³/mol. The molecular formula is C108H64N8OS. The fraction of sp³-hybridized carbons (Fsp3) is 0. The number of rotatable bonds is 8. The average Bonchev–Trinajstić information content (AvgIpc) is 1.54. The van der Waals surface area contributed by atoms with Crippen molar-refractivity contribution in [1.29, 1.82) is 0 Å². The number of nitrogens with zero attached hydrogens (tertiary/aromatic N) is 8. The zero-order valence-electron chi connectivity index (χ0n) is 63.3. The van der Waals surface area contributed by atoms with E-state index in [9.17, 15) is 0 Å². The van der Waals surface area contributed by atoms with Crippen LogP contribution >= 0.6 is 11.3 Å². The minimum Gasteiger partial charge on any atom is -0.456 e. The van der Waals surface area contributed by atoms with Crippen LogP contribution in [0.4, 0.5) is 0 Å². The van der Waals surface area contributed by atoms with Crippen LogP contribution in [0.2, 0.25) is 0 Å². The first kappa shape index (κ1) is 65.9. The lowest BCUT2D eigenvalue weighted by Crippen LogP contribution is -1.99. The van der Waals surface area contributed by atoms with Crippen LogP contribution in [0, 0.1) is 0 Å². The monoisotopic (exact) mass is 1520 g/mol. The molecule has 0 aliphatic heterocycles. The highest BCUT2D eigenvalue weighted by Crippen LogP contribution is 2.48. The molecule has 0 aliphatic carbocycles. The number of hydrogen-bond donors (Lipinski definition) is 0. The van der Waals surface area contributed by atoms with Gasteiger partial charge in [0.05, 0.1) is 77.9 Å². The molecule has 0 N–H and O–H groups in total. The lowest BCUT2D eigenvalue weighted by atomic mass is 10.0. The lowest BCUT2D eigenvalue weighted by molar-refractivity contribution is 0.669. The first-order chi connectivity index (χ1) is 58.5. The Balaban J connectivity index is 0.000000131. The van der Waals surface area contributed by atoms with E-state index in [1.165, 1.54) is 118 Å². The molecule has 0 spiro atoms. The second-order valence-corrected chi connectivity index (χ2v) is 31.8. The minimum absolute atomic E-state index is 0.676. The van der Waals surface area contributed by atoms with Crippen LogP contribution < -0.4 is 0 Å². The SMILES string of the molecule is c1cc(-c2nc(-c3ccc4oc5ccccc5c4c3)c3ccccc3n2)cc(-n2c3ccccc3c3c(-n4c5ccccc5c5ccccc54)c4ccccc4cc32)c1.c1cc(-c2nc(-c3ccc4sc5ccccc5c4c3)c3ccccc3n2)cc(-n2c3ccccc3c3c(-n4c5ccccc5c5ccccc54)c4ccccc4cc32)c1. The van der Waals surface area contributed by atoms with Crippen LogP contribution in [0.1, 0.15) is 0 Å². The molecule has 0 saturated carbocycles. The van der Waals surface area contributed by atoms with Crippen LogP contribution in [-0.2, 0) is 0 Å². The summed E-state index contributed by atoms with van der Waals surface area (Å²) in [5.74, 6) is 1.38. The third kappa shape index (κ3) is 10.0. The van der Waals surface area contributed by atoms with Gasteiger partial charge in [-0.3, -0.25) is 0 Å². The molecule has 0 aliphatic rings. The second kappa shape index (κ2) is 26.0. The number of fused-ring (bicyclic) bond motifs is 22. The number of benzene rings is 18. The van der Waals surface area contributed by atoms with E-state index in [-0.39, 0.29) is 0 Å². The minimum atomic E-state index is 0.676. The summed E-state index contributed by atoms with van der Waals surface area (Å²) < 4.78 is 18.6. The number of para-hydroxylation sites is 9. The van der Waals surface area contributed by atoms with Gasteiger partial charge in [-0.25, -0.2) is 19.9 Å². The standard InChI is InChI=1S/C54H32N4O.C54H32N4S/c2*1-2-17-37-33(14-1)32-48-51(53(37)58-45-24-9-4-18-38(45)39-19-5-10-25-46(39)58)42-22-6-11-26-47(42)57(48)36-16-13-15-35(30-36)54-55-44-23-8-3-21-41(44)52(56-54)34-28-29-50-43(31-34)40-20-7-12-27-49(40)59-50/h2*1-32H. The Morgan fingerprint density at radius 2 is 0.576 bits per heavy atom. The van der Waals surface area contributed by atoms with E-state index in [1.54, 1.807) is 0 Å². The van der Waals surface area contributed by atoms with Gasteiger partial charge in [0.25, 0.3) is 0 Å². The van der Waals surface area contributed by atoms with Crippen LogP contribution in [-0.4, -0.2) is 38.2 Å². The highest BCUT2D eigenvalue weighted by molar-refractivity contribution is 7.25. The van der Waals surface area contributed by atoms with Crippen molar-refractivity contribution in [3.63, 3.8) is 0 Å². The van der Waals surface area contributed by atoms with Gasteiger partial charge in [0.1, 0.15) is 11.2 Å². The van der Waals surface area contributed by atoms with Gasteiger partial charge in [-0.1, -0.05) is 261 Å². The van der Waals surface area contributed by atoms with Crippen LogP contribution in [0.15, 0.2) is 393 Å². The number of furan rings is 1. The van der Waals surface area contributed by atoms with E-state index in [0.717, 1.165) is 111 Å². The van der Waals surface area contributed by atoms with Crippen molar-refractivity contribution in [3.8, 4) is 68.0 Å². The third-order valence-corrected chi connectivity index (χ3v) is 25.3. The molecule has 10 heteroatoms. The quantitative estimate of drug-likeness (QED) is 0.151. The van der Waals surface area contributed by atoms with Crippen molar-refractivity contribution in [2.24, 2.45) is 0 Å². The van der Waals surface area contributed by atoms with Gasteiger partial charge in [-0.2, -0.15) is 0 Å². The van der Waals surface area contributed by atoms with Gasteiger partial charge in [0, 0.05) is 129 Å². The fourth-order valence-electron chi connectivity index (χ4n) is 19.0. The Bertz CT molecular complexity index is 8140. The smallest absolute Gasteiger partial charge is 0.160 e. The summed E-state index contributed by atoms with van der Waals surface area (Å²) in [6.07, 6.45) is 0. The van der Waals surface area contributed by atoms with Gasteiger partial charge in [0.15, 0.2) is 11.6 Å². The zero-order valence-corrected chi connectivity index (χ0v) is 64.2. The molecule has 0 saturated heterocycles. The summed E-state index contributed by atoms with van der Waals surface area (Å²) in [6.45, 7) is 0. The van der Waals surface area contributed by atoms with Crippen molar-refractivity contribution in [2.45, 2.75) is 0 Å².